The quantitative estimate of drug-likeness (QED) is 0.861. The third-order valence-corrected chi connectivity index (χ3v) is 3.45. The maximum absolute atomic E-state index is 5.54. The summed E-state index contributed by atoms with van der Waals surface area (Å²) in [7, 11) is 4.12. The smallest absolute Gasteiger partial charge is 0.0595 e. The van der Waals surface area contributed by atoms with Gasteiger partial charge in [0.1, 0.15) is 0 Å². The summed E-state index contributed by atoms with van der Waals surface area (Å²) in [5.41, 5.74) is 2.52. The van der Waals surface area contributed by atoms with Gasteiger partial charge in [0.05, 0.1) is 18.5 Å². The largest absolute Gasteiger partial charge is 0.381 e. The summed E-state index contributed by atoms with van der Waals surface area (Å²) < 4.78 is 5.54. The van der Waals surface area contributed by atoms with Gasteiger partial charge in [-0.05, 0) is 37.4 Å². The first-order valence-electron chi connectivity index (χ1n) is 6.67. The average molecular weight is 249 g/mol. The lowest BCUT2D eigenvalue weighted by Gasteiger charge is -2.29. The Kier molecular flexibility index (Phi) is 4.96. The van der Waals surface area contributed by atoms with E-state index in [0.29, 0.717) is 5.92 Å². The molecule has 1 aromatic rings. The molecule has 0 bridgehead atoms. The van der Waals surface area contributed by atoms with Crippen LogP contribution in [-0.4, -0.2) is 38.8 Å². The molecule has 1 aliphatic rings. The molecule has 1 fully saturated rings. The van der Waals surface area contributed by atoms with Crippen molar-refractivity contribution in [1.82, 2.24) is 10.3 Å². The molecule has 0 spiro atoms. The molecule has 4 nitrogen and oxygen atoms in total. The molecule has 1 saturated heterocycles. The highest BCUT2D eigenvalue weighted by Gasteiger charge is 2.17. The summed E-state index contributed by atoms with van der Waals surface area (Å²) in [5, 5.41) is 3.20. The van der Waals surface area contributed by atoms with Crippen LogP contribution in [0.3, 0.4) is 0 Å². The lowest BCUT2D eigenvalue weighted by Crippen LogP contribution is -2.31. The molecule has 1 unspecified atom stereocenters. The Morgan fingerprint density at radius 2 is 2.44 bits per heavy atom. The van der Waals surface area contributed by atoms with E-state index in [4.69, 9.17) is 4.74 Å². The second-order valence-corrected chi connectivity index (χ2v) is 5.00. The monoisotopic (exact) mass is 249 g/mol. The van der Waals surface area contributed by atoms with Crippen molar-refractivity contribution in [3.8, 4) is 0 Å². The van der Waals surface area contributed by atoms with Crippen LogP contribution in [-0.2, 0) is 11.3 Å². The van der Waals surface area contributed by atoms with E-state index in [2.05, 4.69) is 28.3 Å². The van der Waals surface area contributed by atoms with Gasteiger partial charge in [0.2, 0.25) is 0 Å². The van der Waals surface area contributed by atoms with Crippen molar-refractivity contribution in [1.29, 1.82) is 0 Å². The van der Waals surface area contributed by atoms with Crippen molar-refractivity contribution in [2.45, 2.75) is 19.4 Å². The number of hydrogen-bond donors (Lipinski definition) is 1. The van der Waals surface area contributed by atoms with Gasteiger partial charge in [0.15, 0.2) is 0 Å². The van der Waals surface area contributed by atoms with Crippen LogP contribution in [0, 0.1) is 5.92 Å². The zero-order valence-electron chi connectivity index (χ0n) is 11.4. The van der Waals surface area contributed by atoms with Crippen molar-refractivity contribution in [2.75, 3.05) is 38.8 Å². The lowest BCUT2D eigenvalue weighted by molar-refractivity contribution is 0.0576. The minimum atomic E-state index is 0.645. The average Bonchev–Trinajstić information content (AvgIpc) is 2.41. The third-order valence-electron chi connectivity index (χ3n) is 3.45. The van der Waals surface area contributed by atoms with Crippen molar-refractivity contribution in [2.24, 2.45) is 5.92 Å². The SMILES string of the molecule is CNCc1ccncc1N(C)CC1CCCOC1. The Bertz CT molecular complexity index is 364. The molecule has 4 heteroatoms. The first kappa shape index (κ1) is 13.3. The number of aromatic nitrogens is 1. The maximum Gasteiger partial charge on any atom is 0.0595 e. The fourth-order valence-corrected chi connectivity index (χ4v) is 2.54. The summed E-state index contributed by atoms with van der Waals surface area (Å²) in [6.07, 6.45) is 6.27. The van der Waals surface area contributed by atoms with Gasteiger partial charge < -0.3 is 15.0 Å². The number of nitrogens with one attached hydrogen (secondary N) is 1. The molecule has 0 aliphatic carbocycles. The summed E-state index contributed by atoms with van der Waals surface area (Å²) in [6, 6.07) is 2.08. The van der Waals surface area contributed by atoms with E-state index in [1.807, 2.05) is 19.4 Å². The van der Waals surface area contributed by atoms with Crippen LogP contribution in [0.1, 0.15) is 18.4 Å². The maximum atomic E-state index is 5.54. The molecule has 100 valence electrons. The zero-order valence-corrected chi connectivity index (χ0v) is 11.4. The Hall–Kier alpha value is -1.13. The molecule has 0 radical (unpaired) electrons. The zero-order chi connectivity index (χ0) is 12.8. The second-order valence-electron chi connectivity index (χ2n) is 5.00. The lowest BCUT2D eigenvalue weighted by atomic mass is 10.0. The van der Waals surface area contributed by atoms with Crippen molar-refractivity contribution < 1.29 is 4.74 Å². The van der Waals surface area contributed by atoms with Gasteiger partial charge >= 0.3 is 0 Å². The van der Waals surface area contributed by atoms with Crippen LogP contribution in [0.5, 0.6) is 0 Å². The summed E-state index contributed by atoms with van der Waals surface area (Å²) in [4.78, 5) is 6.55. The molecule has 1 N–H and O–H groups in total. The van der Waals surface area contributed by atoms with E-state index in [-0.39, 0.29) is 0 Å². The van der Waals surface area contributed by atoms with Crippen LogP contribution in [0.15, 0.2) is 18.5 Å². The van der Waals surface area contributed by atoms with Crippen LogP contribution >= 0.6 is 0 Å². The first-order valence-corrected chi connectivity index (χ1v) is 6.67. The highest BCUT2D eigenvalue weighted by Crippen LogP contribution is 2.21. The van der Waals surface area contributed by atoms with Crippen LogP contribution in [0.4, 0.5) is 5.69 Å². The minimum Gasteiger partial charge on any atom is -0.381 e. The summed E-state index contributed by atoms with van der Waals surface area (Å²) in [6.45, 7) is 3.75. The number of nitrogens with zero attached hydrogens (tertiary/aromatic N) is 2. The van der Waals surface area contributed by atoms with Gasteiger partial charge in [-0.15, -0.1) is 0 Å². The Morgan fingerprint density at radius 1 is 1.56 bits per heavy atom. The van der Waals surface area contributed by atoms with E-state index in [0.717, 1.165) is 26.3 Å². The summed E-state index contributed by atoms with van der Waals surface area (Å²) in [5.74, 6) is 0.645. The number of ether oxygens (including phenoxy) is 1. The van der Waals surface area contributed by atoms with Crippen molar-refractivity contribution in [3.05, 3.63) is 24.0 Å². The van der Waals surface area contributed by atoms with Crippen molar-refractivity contribution in [3.63, 3.8) is 0 Å². The van der Waals surface area contributed by atoms with Crippen molar-refractivity contribution >= 4 is 5.69 Å². The summed E-state index contributed by atoms with van der Waals surface area (Å²) >= 11 is 0. The van der Waals surface area contributed by atoms with E-state index < -0.39 is 0 Å². The number of pyridine rings is 1. The molecular weight excluding hydrogens is 226 g/mol. The van der Waals surface area contributed by atoms with Gasteiger partial charge in [-0.3, -0.25) is 4.98 Å². The fourth-order valence-electron chi connectivity index (χ4n) is 2.54. The molecular formula is C14H23N3O. The topological polar surface area (TPSA) is 37.4 Å². The van der Waals surface area contributed by atoms with Gasteiger partial charge in [0.25, 0.3) is 0 Å². The first-order chi connectivity index (χ1) is 8.81. The van der Waals surface area contributed by atoms with E-state index in [1.165, 1.54) is 24.1 Å². The molecule has 2 heterocycles. The van der Waals surface area contributed by atoms with Crippen LogP contribution < -0.4 is 10.2 Å². The Labute approximate surface area is 109 Å². The fraction of sp³-hybridized carbons (Fsp3) is 0.643. The molecule has 18 heavy (non-hydrogen) atoms. The number of rotatable bonds is 5. The normalized spacial score (nSPS) is 19.8. The number of hydrogen-bond acceptors (Lipinski definition) is 4. The molecule has 0 saturated carbocycles. The van der Waals surface area contributed by atoms with E-state index in [1.54, 1.807) is 0 Å². The van der Waals surface area contributed by atoms with Gasteiger partial charge in [-0.25, -0.2) is 0 Å². The molecule has 1 atom stereocenters. The highest BCUT2D eigenvalue weighted by atomic mass is 16.5. The Balaban J connectivity index is 2.00. The minimum absolute atomic E-state index is 0.645. The molecule has 1 aromatic heterocycles. The van der Waals surface area contributed by atoms with Gasteiger partial charge in [-0.1, -0.05) is 0 Å². The van der Waals surface area contributed by atoms with Crippen LogP contribution in [0.25, 0.3) is 0 Å². The predicted octanol–water partition coefficient (Wildman–Crippen LogP) is 1.66. The van der Waals surface area contributed by atoms with E-state index >= 15 is 0 Å². The molecule has 0 amide bonds. The third kappa shape index (κ3) is 3.43. The van der Waals surface area contributed by atoms with E-state index in [9.17, 15) is 0 Å². The molecule has 1 aliphatic heterocycles. The second kappa shape index (κ2) is 6.71. The predicted molar refractivity (Wildman–Crippen MR) is 73.8 cm³/mol. The standard InChI is InChI=1S/C14H23N3O/c1-15-8-13-5-6-16-9-14(13)17(2)10-12-4-3-7-18-11-12/h5-6,9,12,15H,3-4,7-8,10-11H2,1-2H3. The number of anilines is 1. The van der Waals surface area contributed by atoms with Gasteiger partial charge in [-0.2, -0.15) is 0 Å². The Morgan fingerprint density at radius 3 is 3.17 bits per heavy atom. The highest BCUT2D eigenvalue weighted by molar-refractivity contribution is 5.51. The van der Waals surface area contributed by atoms with Gasteiger partial charge in [0, 0.05) is 32.9 Å². The van der Waals surface area contributed by atoms with Crippen LogP contribution in [0.2, 0.25) is 0 Å². The molecule has 0 aromatic carbocycles. The molecule has 2 rings (SSSR count).